The normalized spacial score (nSPS) is 12.6. The van der Waals surface area contributed by atoms with E-state index in [1.165, 1.54) is 57.8 Å². The smallest absolute Gasteiger partial charge is 0.307 e. The van der Waals surface area contributed by atoms with Crippen LogP contribution in [0, 0.1) is 0 Å². The highest BCUT2D eigenvalue weighted by Gasteiger charge is 2.26. The fourth-order valence-corrected chi connectivity index (χ4v) is 3.71. The Kier molecular flexibility index (Phi) is 16.1. The third kappa shape index (κ3) is 17.0. The first-order chi connectivity index (χ1) is 13.3. The van der Waals surface area contributed by atoms with Crippen LogP contribution in [0.15, 0.2) is 0 Å². The van der Waals surface area contributed by atoms with E-state index in [1.54, 1.807) is 0 Å². The Morgan fingerprint density at radius 1 is 0.786 bits per heavy atom. The molecular formula is C20H38O7S. The SMILES string of the molecule is CCCCCCCCCCCCCCCC(OC(=O)CCC(=O)O)S(=O)(=O)O. The molecule has 0 heterocycles. The maximum Gasteiger partial charge on any atom is 0.307 e. The molecule has 0 saturated carbocycles. The van der Waals surface area contributed by atoms with Gasteiger partial charge in [-0.3, -0.25) is 14.1 Å². The van der Waals surface area contributed by atoms with E-state index in [9.17, 15) is 22.6 Å². The van der Waals surface area contributed by atoms with Gasteiger partial charge in [-0.15, -0.1) is 0 Å². The number of aliphatic carboxylic acids is 1. The molecule has 0 spiro atoms. The first kappa shape index (κ1) is 26.9. The third-order valence-corrected chi connectivity index (χ3v) is 5.68. The topological polar surface area (TPSA) is 118 Å². The molecule has 0 amide bonds. The Hall–Kier alpha value is -1.15. The highest BCUT2D eigenvalue weighted by molar-refractivity contribution is 7.86. The summed E-state index contributed by atoms with van der Waals surface area (Å²) in [5.74, 6) is -2.10. The Bertz CT molecular complexity index is 517. The van der Waals surface area contributed by atoms with Crippen LogP contribution >= 0.6 is 0 Å². The van der Waals surface area contributed by atoms with Crippen molar-refractivity contribution < 1.29 is 32.4 Å². The number of rotatable bonds is 19. The molecule has 28 heavy (non-hydrogen) atoms. The Morgan fingerprint density at radius 3 is 1.61 bits per heavy atom. The summed E-state index contributed by atoms with van der Waals surface area (Å²) < 4.78 is 36.5. The summed E-state index contributed by atoms with van der Waals surface area (Å²) in [5.41, 5.74) is -1.61. The number of hydrogen-bond acceptors (Lipinski definition) is 5. The molecule has 0 radical (unpaired) electrons. The summed E-state index contributed by atoms with van der Waals surface area (Å²) in [4.78, 5) is 21.9. The van der Waals surface area contributed by atoms with Gasteiger partial charge in [0.1, 0.15) is 0 Å². The summed E-state index contributed by atoms with van der Waals surface area (Å²) in [7, 11) is -4.51. The Labute approximate surface area is 170 Å². The van der Waals surface area contributed by atoms with Crippen LogP contribution in [0.5, 0.6) is 0 Å². The van der Waals surface area contributed by atoms with Crippen molar-refractivity contribution in [3.63, 3.8) is 0 Å². The van der Waals surface area contributed by atoms with Crippen LogP contribution in [0.25, 0.3) is 0 Å². The average molecular weight is 423 g/mol. The molecule has 0 saturated heterocycles. The van der Waals surface area contributed by atoms with Crippen LogP contribution in [0.2, 0.25) is 0 Å². The maximum absolute atomic E-state index is 11.5. The monoisotopic (exact) mass is 422 g/mol. The van der Waals surface area contributed by atoms with Crippen molar-refractivity contribution >= 4 is 22.1 Å². The number of carbonyl (C=O) groups excluding carboxylic acids is 1. The number of unbranched alkanes of at least 4 members (excludes halogenated alkanes) is 12. The second-order valence-electron chi connectivity index (χ2n) is 7.36. The predicted molar refractivity (Wildman–Crippen MR) is 109 cm³/mol. The Morgan fingerprint density at radius 2 is 1.21 bits per heavy atom. The molecule has 0 rings (SSSR count). The zero-order chi connectivity index (χ0) is 21.3. The summed E-state index contributed by atoms with van der Waals surface area (Å²) in [6.07, 6.45) is 14.1. The number of carbonyl (C=O) groups is 2. The maximum atomic E-state index is 11.5. The van der Waals surface area contributed by atoms with Crippen molar-refractivity contribution in [3.05, 3.63) is 0 Å². The van der Waals surface area contributed by atoms with E-state index in [0.717, 1.165) is 19.3 Å². The van der Waals surface area contributed by atoms with Gasteiger partial charge in [-0.05, 0) is 6.42 Å². The van der Waals surface area contributed by atoms with Gasteiger partial charge < -0.3 is 9.84 Å². The van der Waals surface area contributed by atoms with Crippen LogP contribution < -0.4 is 0 Å². The van der Waals surface area contributed by atoms with Gasteiger partial charge in [0.15, 0.2) is 0 Å². The van der Waals surface area contributed by atoms with Gasteiger partial charge in [-0.25, -0.2) is 0 Å². The molecular weight excluding hydrogens is 384 g/mol. The van der Waals surface area contributed by atoms with Crippen molar-refractivity contribution in [1.29, 1.82) is 0 Å². The molecule has 0 bridgehead atoms. The highest BCUT2D eigenvalue weighted by atomic mass is 32.2. The van der Waals surface area contributed by atoms with E-state index in [0.29, 0.717) is 6.42 Å². The van der Waals surface area contributed by atoms with Crippen LogP contribution in [-0.4, -0.2) is 35.5 Å². The summed E-state index contributed by atoms with van der Waals surface area (Å²) in [5, 5.41) is 8.52. The molecule has 0 aromatic rings. The van der Waals surface area contributed by atoms with Crippen LogP contribution in [0.3, 0.4) is 0 Å². The molecule has 2 N–H and O–H groups in total. The average Bonchev–Trinajstić information content (AvgIpc) is 2.62. The van der Waals surface area contributed by atoms with Crippen molar-refractivity contribution in [2.45, 2.75) is 115 Å². The lowest BCUT2D eigenvalue weighted by Gasteiger charge is -2.14. The predicted octanol–water partition coefficient (Wildman–Crippen LogP) is 5.09. The minimum Gasteiger partial charge on any atom is -0.481 e. The van der Waals surface area contributed by atoms with Crippen molar-refractivity contribution in [2.24, 2.45) is 0 Å². The summed E-state index contributed by atoms with van der Waals surface area (Å²) in [6, 6.07) is 0. The van der Waals surface area contributed by atoms with Gasteiger partial charge in [0, 0.05) is 6.42 Å². The van der Waals surface area contributed by atoms with Gasteiger partial charge in [0.05, 0.1) is 12.8 Å². The van der Waals surface area contributed by atoms with Crippen molar-refractivity contribution in [3.8, 4) is 0 Å². The lowest BCUT2D eigenvalue weighted by atomic mass is 10.0. The second-order valence-corrected chi connectivity index (χ2v) is 8.92. The van der Waals surface area contributed by atoms with Gasteiger partial charge in [-0.2, -0.15) is 8.42 Å². The quantitative estimate of drug-likeness (QED) is 0.169. The van der Waals surface area contributed by atoms with E-state index in [-0.39, 0.29) is 6.42 Å². The lowest BCUT2D eigenvalue weighted by molar-refractivity contribution is -0.149. The van der Waals surface area contributed by atoms with Crippen LogP contribution in [0.1, 0.15) is 110 Å². The number of carboxylic acids is 1. The third-order valence-electron chi connectivity index (χ3n) is 4.68. The summed E-state index contributed by atoms with van der Waals surface area (Å²) >= 11 is 0. The minimum absolute atomic E-state index is 0.0232. The fourth-order valence-electron chi connectivity index (χ4n) is 3.01. The molecule has 1 atom stereocenters. The highest BCUT2D eigenvalue weighted by Crippen LogP contribution is 2.16. The van der Waals surface area contributed by atoms with Crippen LogP contribution in [-0.2, 0) is 24.4 Å². The number of ether oxygens (including phenoxy) is 1. The molecule has 1 unspecified atom stereocenters. The van der Waals surface area contributed by atoms with E-state index in [1.807, 2.05) is 0 Å². The molecule has 0 aliphatic heterocycles. The van der Waals surface area contributed by atoms with E-state index < -0.39 is 40.3 Å². The molecule has 166 valence electrons. The lowest BCUT2D eigenvalue weighted by Crippen LogP contribution is -2.27. The molecule has 7 nitrogen and oxygen atoms in total. The zero-order valence-electron chi connectivity index (χ0n) is 17.2. The number of esters is 1. The fraction of sp³-hybridized carbons (Fsp3) is 0.900. The second kappa shape index (κ2) is 16.8. The summed E-state index contributed by atoms with van der Waals surface area (Å²) in [6.45, 7) is 2.22. The van der Waals surface area contributed by atoms with E-state index in [2.05, 4.69) is 6.92 Å². The minimum atomic E-state index is -4.51. The molecule has 0 aliphatic rings. The van der Waals surface area contributed by atoms with Gasteiger partial charge in [-0.1, -0.05) is 84.0 Å². The number of hydrogen-bond donors (Lipinski definition) is 2. The largest absolute Gasteiger partial charge is 0.481 e. The van der Waals surface area contributed by atoms with Gasteiger partial charge in [0.25, 0.3) is 0 Å². The Balaban J connectivity index is 3.75. The number of carboxylic acid groups (broad SMARTS) is 1. The first-order valence-electron chi connectivity index (χ1n) is 10.6. The molecule has 0 aromatic carbocycles. The molecule has 0 aromatic heterocycles. The molecule has 0 fully saturated rings. The van der Waals surface area contributed by atoms with Gasteiger partial charge in [0.2, 0.25) is 5.44 Å². The zero-order valence-corrected chi connectivity index (χ0v) is 18.1. The van der Waals surface area contributed by atoms with Gasteiger partial charge >= 0.3 is 22.1 Å². The van der Waals surface area contributed by atoms with Crippen molar-refractivity contribution in [2.75, 3.05) is 0 Å². The standard InChI is InChI=1S/C20H38O7S/c1-2-3-4-5-6-7-8-9-10-11-12-13-14-15-20(28(24,25)26)27-19(23)17-16-18(21)22/h20H,2-17H2,1H3,(H,21,22)(H,24,25,26). The van der Waals surface area contributed by atoms with Crippen molar-refractivity contribution in [1.82, 2.24) is 0 Å². The van der Waals surface area contributed by atoms with E-state index in [4.69, 9.17) is 9.84 Å². The molecule has 8 heteroatoms. The van der Waals surface area contributed by atoms with E-state index >= 15 is 0 Å². The first-order valence-corrected chi connectivity index (χ1v) is 12.1. The molecule has 0 aliphatic carbocycles. The van der Waals surface area contributed by atoms with Crippen LogP contribution in [0.4, 0.5) is 0 Å².